The van der Waals surface area contributed by atoms with Gasteiger partial charge < -0.3 is 5.32 Å². The van der Waals surface area contributed by atoms with Gasteiger partial charge >= 0.3 is 0 Å². The number of anilines is 1. The quantitative estimate of drug-likeness (QED) is 0.731. The van der Waals surface area contributed by atoms with Crippen LogP contribution in [0.25, 0.3) is 5.69 Å². The van der Waals surface area contributed by atoms with Crippen molar-refractivity contribution in [3.8, 4) is 5.69 Å². The van der Waals surface area contributed by atoms with E-state index >= 15 is 0 Å². The number of hydrogen-bond acceptors (Lipinski definition) is 4. The molecule has 1 aromatic carbocycles. The van der Waals surface area contributed by atoms with Crippen LogP contribution in [-0.4, -0.2) is 21.1 Å². The first-order valence-corrected chi connectivity index (χ1v) is 8.48. The zero-order valence-electron chi connectivity index (χ0n) is 14.1. The molecule has 0 unspecified atom stereocenters. The molecule has 25 heavy (non-hydrogen) atoms. The number of amides is 1. The Morgan fingerprint density at radius 2 is 1.68 bits per heavy atom. The number of hydrogen-bond donors (Lipinski definition) is 1. The molecule has 0 saturated heterocycles. The molecule has 2 aromatic heterocycles. The molecule has 0 aliphatic heterocycles. The molecule has 3 aromatic rings. The Kier molecular flexibility index (Phi) is 4.41. The lowest BCUT2D eigenvalue weighted by molar-refractivity contribution is 0.101. The van der Waals surface area contributed by atoms with Gasteiger partial charge in [0, 0.05) is 7.05 Å². The summed E-state index contributed by atoms with van der Waals surface area (Å²) in [6, 6.07) is 12.4. The van der Waals surface area contributed by atoms with Gasteiger partial charge in [0.1, 0.15) is 5.69 Å². The molecule has 0 aliphatic carbocycles. The Morgan fingerprint density at radius 3 is 2.28 bits per heavy atom. The molecule has 2 heterocycles. The lowest BCUT2D eigenvalue weighted by Gasteiger charge is -2.07. The Labute approximate surface area is 148 Å². The van der Waals surface area contributed by atoms with E-state index in [0.29, 0.717) is 21.1 Å². The van der Waals surface area contributed by atoms with Crippen molar-refractivity contribution < 1.29 is 9.59 Å². The third kappa shape index (κ3) is 3.06. The molecule has 0 bridgehead atoms. The van der Waals surface area contributed by atoms with Crippen LogP contribution in [0.2, 0.25) is 0 Å². The van der Waals surface area contributed by atoms with Gasteiger partial charge in [-0.3, -0.25) is 19.1 Å². The fourth-order valence-corrected chi connectivity index (χ4v) is 3.33. The largest absolute Gasteiger partial charge is 0.315 e. The monoisotopic (exact) mass is 355 g/mol. The summed E-state index contributed by atoms with van der Waals surface area (Å²) in [6.45, 7) is 3.22. The van der Waals surface area contributed by atoms with E-state index in [0.717, 1.165) is 11.3 Å². The van der Waals surface area contributed by atoms with Gasteiger partial charge in [0.25, 0.3) is 11.5 Å². The van der Waals surface area contributed by atoms with Crippen molar-refractivity contribution >= 4 is 28.7 Å². The maximum absolute atomic E-state index is 12.8. The van der Waals surface area contributed by atoms with Crippen molar-refractivity contribution in [2.24, 2.45) is 7.05 Å². The van der Waals surface area contributed by atoms with Gasteiger partial charge in [-0.15, -0.1) is 11.3 Å². The third-order valence-electron chi connectivity index (χ3n) is 3.97. The van der Waals surface area contributed by atoms with Crippen molar-refractivity contribution in [1.29, 1.82) is 0 Å². The predicted octanol–water partition coefficient (Wildman–Crippen LogP) is 3.00. The van der Waals surface area contributed by atoms with Crippen LogP contribution in [-0.2, 0) is 7.05 Å². The normalized spacial score (nSPS) is 10.7. The van der Waals surface area contributed by atoms with Gasteiger partial charge in [-0.25, -0.2) is 4.68 Å². The van der Waals surface area contributed by atoms with Crippen LogP contribution in [0.1, 0.15) is 32.0 Å². The summed E-state index contributed by atoms with van der Waals surface area (Å²) in [5.41, 5.74) is 1.29. The summed E-state index contributed by atoms with van der Waals surface area (Å²) in [5, 5.41) is 2.68. The first kappa shape index (κ1) is 16.9. The minimum Gasteiger partial charge on any atom is -0.315 e. The van der Waals surface area contributed by atoms with E-state index < -0.39 is 5.91 Å². The van der Waals surface area contributed by atoms with E-state index in [-0.39, 0.29) is 17.0 Å². The molecule has 0 aliphatic rings. The Hall–Kier alpha value is -2.93. The average Bonchev–Trinajstić information content (AvgIpc) is 3.16. The predicted molar refractivity (Wildman–Crippen MR) is 98.0 cm³/mol. The number of rotatable bonds is 4. The molecule has 128 valence electrons. The Morgan fingerprint density at radius 1 is 1.04 bits per heavy atom. The molecule has 1 N–H and O–H groups in total. The van der Waals surface area contributed by atoms with Crippen molar-refractivity contribution in [2.75, 3.05) is 5.32 Å². The van der Waals surface area contributed by atoms with Crippen LogP contribution in [0, 0.1) is 6.92 Å². The highest BCUT2D eigenvalue weighted by atomic mass is 32.1. The van der Waals surface area contributed by atoms with Gasteiger partial charge in [-0.05, 0) is 38.1 Å². The first-order chi connectivity index (χ1) is 11.9. The van der Waals surface area contributed by atoms with Gasteiger partial charge in [0.2, 0.25) is 0 Å². The van der Waals surface area contributed by atoms with E-state index in [1.54, 1.807) is 30.8 Å². The number of carbonyl (C=O) groups excluding carboxylic acids is 2. The lowest BCUT2D eigenvalue weighted by Crippen LogP contribution is -2.22. The Bertz CT molecular complexity index is 1010. The number of nitrogens with one attached hydrogen (secondary N) is 1. The van der Waals surface area contributed by atoms with Crippen molar-refractivity contribution in [3.63, 3.8) is 0 Å². The van der Waals surface area contributed by atoms with Gasteiger partial charge in [-0.2, -0.15) is 0 Å². The van der Waals surface area contributed by atoms with E-state index in [2.05, 4.69) is 5.32 Å². The van der Waals surface area contributed by atoms with Crippen molar-refractivity contribution in [1.82, 2.24) is 9.36 Å². The summed E-state index contributed by atoms with van der Waals surface area (Å²) >= 11 is 1.11. The molecule has 3 rings (SSSR count). The van der Waals surface area contributed by atoms with E-state index in [9.17, 15) is 14.4 Å². The molecular formula is C18H17N3O3S. The van der Waals surface area contributed by atoms with Crippen LogP contribution >= 0.6 is 11.3 Å². The molecule has 0 fully saturated rings. The molecule has 6 nitrogen and oxygen atoms in total. The standard InChI is InChI=1S/C18H17N3O3S/c1-11-16(19-17(23)15-10-9-14(25-15)12(2)22)18(24)21(20(11)3)13-7-5-4-6-8-13/h4-10H,1-3H3,(H,19,23). The summed E-state index contributed by atoms with van der Waals surface area (Å²) in [7, 11) is 1.76. The molecular weight excluding hydrogens is 338 g/mol. The fraction of sp³-hybridized carbons (Fsp3) is 0.167. The minimum atomic E-state index is -0.400. The molecule has 0 spiro atoms. The molecule has 1 amide bonds. The second-order valence-corrected chi connectivity index (χ2v) is 6.69. The molecule has 0 saturated carbocycles. The smallest absolute Gasteiger partial charge is 0.295 e. The number of Topliss-reactive ketones (excluding diaryl/α,β-unsaturated/α-hetero) is 1. The highest BCUT2D eigenvalue weighted by Crippen LogP contribution is 2.20. The fourth-order valence-electron chi connectivity index (χ4n) is 2.54. The van der Waals surface area contributed by atoms with E-state index in [1.165, 1.54) is 11.6 Å². The minimum absolute atomic E-state index is 0.0913. The number of nitrogens with zero attached hydrogens (tertiary/aromatic N) is 2. The number of thiophene rings is 1. The van der Waals surface area contributed by atoms with E-state index in [4.69, 9.17) is 0 Å². The first-order valence-electron chi connectivity index (χ1n) is 7.66. The SMILES string of the molecule is CC(=O)c1ccc(C(=O)Nc2c(C)n(C)n(-c3ccccc3)c2=O)s1. The third-order valence-corrected chi connectivity index (χ3v) is 5.15. The zero-order valence-corrected chi connectivity index (χ0v) is 14.9. The van der Waals surface area contributed by atoms with Gasteiger partial charge in [0.05, 0.1) is 21.1 Å². The van der Waals surface area contributed by atoms with Gasteiger partial charge in [0.15, 0.2) is 5.78 Å². The second kappa shape index (κ2) is 6.52. The summed E-state index contributed by atoms with van der Waals surface area (Å²) < 4.78 is 3.20. The lowest BCUT2D eigenvalue weighted by atomic mass is 10.3. The maximum atomic E-state index is 12.8. The maximum Gasteiger partial charge on any atom is 0.295 e. The van der Waals surface area contributed by atoms with Crippen LogP contribution < -0.4 is 10.9 Å². The molecule has 0 atom stereocenters. The van der Waals surface area contributed by atoms with Crippen molar-refractivity contribution in [2.45, 2.75) is 13.8 Å². The van der Waals surface area contributed by atoms with Crippen LogP contribution in [0.4, 0.5) is 5.69 Å². The highest BCUT2D eigenvalue weighted by Gasteiger charge is 2.19. The van der Waals surface area contributed by atoms with Crippen LogP contribution in [0.3, 0.4) is 0 Å². The Balaban J connectivity index is 1.97. The summed E-state index contributed by atoms with van der Waals surface area (Å²) in [5.74, 6) is -0.491. The average molecular weight is 355 g/mol. The van der Waals surface area contributed by atoms with Crippen LogP contribution in [0.5, 0.6) is 0 Å². The number of benzene rings is 1. The van der Waals surface area contributed by atoms with Gasteiger partial charge in [-0.1, -0.05) is 18.2 Å². The van der Waals surface area contributed by atoms with Crippen LogP contribution in [0.15, 0.2) is 47.3 Å². The number of carbonyl (C=O) groups is 2. The summed E-state index contributed by atoms with van der Waals surface area (Å²) in [6.07, 6.45) is 0. The number of aromatic nitrogens is 2. The summed E-state index contributed by atoms with van der Waals surface area (Å²) in [4.78, 5) is 37.5. The molecule has 7 heteroatoms. The second-order valence-electron chi connectivity index (χ2n) is 5.61. The van der Waals surface area contributed by atoms with Crippen molar-refractivity contribution in [3.05, 3.63) is 68.3 Å². The topological polar surface area (TPSA) is 73.1 Å². The number of ketones is 1. The molecule has 0 radical (unpaired) electrons. The zero-order chi connectivity index (χ0) is 18.1. The highest BCUT2D eigenvalue weighted by molar-refractivity contribution is 7.16. The van der Waals surface area contributed by atoms with E-state index in [1.807, 2.05) is 30.3 Å². The number of para-hydroxylation sites is 1.